The van der Waals surface area contributed by atoms with Crippen molar-refractivity contribution in [3.05, 3.63) is 0 Å². The van der Waals surface area contributed by atoms with E-state index in [4.69, 9.17) is 11.6 Å². The van der Waals surface area contributed by atoms with Crippen LogP contribution in [-0.2, 0) is 5.11 Å². The normalized spacial score (nSPS) is 28.3. The Labute approximate surface area is 48.3 Å². The summed E-state index contributed by atoms with van der Waals surface area (Å²) in [6.45, 7) is 0. The highest BCUT2D eigenvalue weighted by atomic mass is 35.5. The molecule has 0 unspecified atom stereocenters. The van der Waals surface area contributed by atoms with Gasteiger partial charge < -0.3 is 0 Å². The van der Waals surface area contributed by atoms with Crippen molar-refractivity contribution >= 4 is 11.6 Å². The third-order valence-corrected chi connectivity index (χ3v) is 1.73. The van der Waals surface area contributed by atoms with E-state index in [1.54, 1.807) is 0 Å². The van der Waals surface area contributed by atoms with Crippen LogP contribution in [-0.4, -0.2) is 5.06 Å². The fourth-order valence-electron chi connectivity index (χ4n) is 0.903. The Kier molecular flexibility index (Phi) is 1.26. The van der Waals surface area contributed by atoms with Gasteiger partial charge in [-0.15, -0.1) is 0 Å². The molecule has 0 aromatic rings. The summed E-state index contributed by atoms with van der Waals surface area (Å²) >= 11 is 5.41. The topological polar surface area (TPSA) is 19.9 Å². The van der Waals surface area contributed by atoms with Crippen LogP contribution in [0.5, 0.6) is 0 Å². The number of alkyl halides is 1. The summed E-state index contributed by atoms with van der Waals surface area (Å²) in [4.78, 5) is 0. The minimum atomic E-state index is -1.08. The van der Waals surface area contributed by atoms with Gasteiger partial charge in [0.25, 0.3) is 0 Å². The van der Waals surface area contributed by atoms with Crippen LogP contribution in [0.2, 0.25) is 0 Å². The summed E-state index contributed by atoms with van der Waals surface area (Å²) < 4.78 is 0. The summed E-state index contributed by atoms with van der Waals surface area (Å²) in [6.07, 6.45) is 3.36. The van der Waals surface area contributed by atoms with Crippen molar-refractivity contribution in [3.63, 3.8) is 0 Å². The van der Waals surface area contributed by atoms with Gasteiger partial charge in [0, 0.05) is 0 Å². The quantitative estimate of drug-likeness (QED) is 0.435. The largest absolute Gasteiger partial charge is 0.212 e. The Hall–Kier alpha value is 0.250. The maximum absolute atomic E-state index is 10.7. The molecule has 1 rings (SSSR count). The highest BCUT2D eigenvalue weighted by molar-refractivity contribution is 6.22. The first-order valence-electron chi connectivity index (χ1n) is 2.60. The van der Waals surface area contributed by atoms with Crippen molar-refractivity contribution < 1.29 is 5.11 Å². The van der Waals surface area contributed by atoms with Gasteiger partial charge in [-0.1, -0.05) is 11.6 Å². The van der Waals surface area contributed by atoms with Gasteiger partial charge in [0.05, 0.1) is 0 Å². The molecule has 1 aliphatic carbocycles. The molecule has 0 bridgehead atoms. The summed E-state index contributed by atoms with van der Waals surface area (Å²) in [5.41, 5.74) is 0. The molecule has 0 aromatic heterocycles. The fraction of sp³-hybridized carbons (Fsp3) is 1.00. The Balaban J connectivity index is 2.40. The molecule has 0 N–H and O–H groups in total. The zero-order valence-corrected chi connectivity index (χ0v) is 4.87. The van der Waals surface area contributed by atoms with E-state index >= 15 is 0 Å². The minimum absolute atomic E-state index is 0.661. The first-order chi connectivity index (χ1) is 3.21. The molecule has 0 saturated heterocycles. The standard InChI is InChI=1S/C5H8ClO/c6-5(7)3-1-2-4-5/h1-4H2. The van der Waals surface area contributed by atoms with Crippen LogP contribution in [0.1, 0.15) is 25.7 Å². The van der Waals surface area contributed by atoms with E-state index in [0.29, 0.717) is 12.8 Å². The first-order valence-corrected chi connectivity index (χ1v) is 2.98. The number of rotatable bonds is 0. The maximum atomic E-state index is 10.7. The lowest BCUT2D eigenvalue weighted by Crippen LogP contribution is -2.10. The molecule has 1 nitrogen and oxygen atoms in total. The minimum Gasteiger partial charge on any atom is -0.212 e. The van der Waals surface area contributed by atoms with Crippen LogP contribution < -0.4 is 0 Å². The van der Waals surface area contributed by atoms with Crippen molar-refractivity contribution in [2.24, 2.45) is 0 Å². The predicted octanol–water partition coefficient (Wildman–Crippen LogP) is 1.93. The van der Waals surface area contributed by atoms with Crippen LogP contribution in [0.3, 0.4) is 0 Å². The van der Waals surface area contributed by atoms with Crippen molar-refractivity contribution in [1.82, 2.24) is 0 Å². The summed E-state index contributed by atoms with van der Waals surface area (Å²) in [5, 5.41) is 9.58. The molecule has 0 amide bonds. The van der Waals surface area contributed by atoms with Crippen LogP contribution in [0.25, 0.3) is 0 Å². The van der Waals surface area contributed by atoms with E-state index in [0.717, 1.165) is 12.8 Å². The molecule has 41 valence electrons. The molecular formula is C5H8ClO. The van der Waals surface area contributed by atoms with Crippen LogP contribution in [0, 0.1) is 0 Å². The molecule has 0 atom stereocenters. The van der Waals surface area contributed by atoms with E-state index in [1.807, 2.05) is 0 Å². The second-order valence-electron chi connectivity index (χ2n) is 2.09. The van der Waals surface area contributed by atoms with Crippen molar-refractivity contribution in [2.45, 2.75) is 30.7 Å². The second kappa shape index (κ2) is 1.64. The number of halogens is 1. The third kappa shape index (κ3) is 1.32. The average molecular weight is 120 g/mol. The van der Waals surface area contributed by atoms with Gasteiger partial charge in [-0.3, -0.25) is 0 Å². The van der Waals surface area contributed by atoms with Gasteiger partial charge >= 0.3 is 0 Å². The maximum Gasteiger partial charge on any atom is 0.176 e. The zero-order valence-electron chi connectivity index (χ0n) is 4.11. The molecule has 1 saturated carbocycles. The predicted molar refractivity (Wildman–Crippen MR) is 27.7 cm³/mol. The molecule has 1 aliphatic rings. The Bertz CT molecular complexity index is 62.5. The number of hydrogen-bond acceptors (Lipinski definition) is 0. The SMILES string of the molecule is [O]C1(Cl)CCCC1. The Morgan fingerprint density at radius 3 is 1.86 bits per heavy atom. The molecule has 1 radical (unpaired) electrons. The van der Waals surface area contributed by atoms with E-state index < -0.39 is 5.06 Å². The van der Waals surface area contributed by atoms with E-state index in [2.05, 4.69) is 0 Å². The highest BCUT2D eigenvalue weighted by Crippen LogP contribution is 2.33. The van der Waals surface area contributed by atoms with Crippen LogP contribution >= 0.6 is 11.6 Å². The fourth-order valence-corrected chi connectivity index (χ4v) is 1.17. The van der Waals surface area contributed by atoms with Gasteiger partial charge in [0.2, 0.25) is 0 Å². The molecule has 0 aliphatic heterocycles. The first kappa shape index (κ1) is 5.39. The Morgan fingerprint density at radius 1 is 1.29 bits per heavy atom. The lowest BCUT2D eigenvalue weighted by atomic mass is 10.3. The molecule has 0 aromatic carbocycles. The van der Waals surface area contributed by atoms with Gasteiger partial charge in [-0.2, -0.15) is 0 Å². The molecular weight excluding hydrogens is 112 g/mol. The third-order valence-electron chi connectivity index (χ3n) is 1.35. The average Bonchev–Trinajstić information content (AvgIpc) is 1.84. The monoisotopic (exact) mass is 119 g/mol. The second-order valence-corrected chi connectivity index (χ2v) is 2.78. The number of hydrogen-bond donors (Lipinski definition) is 0. The lowest BCUT2D eigenvalue weighted by Gasteiger charge is -2.05. The molecule has 2 heteroatoms. The lowest BCUT2D eigenvalue weighted by molar-refractivity contribution is 0.0542. The van der Waals surface area contributed by atoms with E-state index in [9.17, 15) is 5.11 Å². The van der Waals surface area contributed by atoms with E-state index in [1.165, 1.54) is 0 Å². The molecule has 7 heavy (non-hydrogen) atoms. The van der Waals surface area contributed by atoms with Crippen molar-refractivity contribution in [2.75, 3.05) is 0 Å². The van der Waals surface area contributed by atoms with Crippen LogP contribution in [0.4, 0.5) is 0 Å². The van der Waals surface area contributed by atoms with Gasteiger partial charge in [-0.25, -0.2) is 5.11 Å². The summed E-state index contributed by atoms with van der Waals surface area (Å²) in [5.74, 6) is 0. The summed E-state index contributed by atoms with van der Waals surface area (Å²) in [6, 6.07) is 0. The highest BCUT2D eigenvalue weighted by Gasteiger charge is 2.29. The smallest absolute Gasteiger partial charge is 0.176 e. The molecule has 0 spiro atoms. The van der Waals surface area contributed by atoms with Crippen molar-refractivity contribution in [1.29, 1.82) is 0 Å². The van der Waals surface area contributed by atoms with Gasteiger partial charge in [-0.05, 0) is 25.7 Å². The molecule has 1 fully saturated rings. The van der Waals surface area contributed by atoms with Gasteiger partial charge in [0.15, 0.2) is 5.06 Å². The van der Waals surface area contributed by atoms with Gasteiger partial charge in [0.1, 0.15) is 0 Å². The zero-order chi connectivity index (χ0) is 5.33. The molecule has 0 heterocycles. The van der Waals surface area contributed by atoms with Crippen molar-refractivity contribution in [3.8, 4) is 0 Å². The summed E-state index contributed by atoms with van der Waals surface area (Å²) in [7, 11) is 0. The van der Waals surface area contributed by atoms with E-state index in [-0.39, 0.29) is 0 Å². The van der Waals surface area contributed by atoms with Crippen LogP contribution in [0.15, 0.2) is 0 Å². The Morgan fingerprint density at radius 2 is 1.71 bits per heavy atom.